The molecule has 2 atom stereocenters. The van der Waals surface area contributed by atoms with E-state index in [4.69, 9.17) is 10.5 Å². The van der Waals surface area contributed by atoms with E-state index < -0.39 is 0 Å². The van der Waals surface area contributed by atoms with E-state index in [0.717, 1.165) is 45.7 Å². The van der Waals surface area contributed by atoms with Crippen molar-refractivity contribution in [3.63, 3.8) is 0 Å². The Bertz CT molecular complexity index is 347. The Balaban J connectivity index is 1.94. The molecular formula is C16H26N2O. The maximum atomic E-state index is 6.00. The lowest BCUT2D eigenvalue weighted by atomic mass is 9.93. The number of ether oxygens (including phenoxy) is 1. The molecule has 0 spiro atoms. The predicted molar refractivity (Wildman–Crippen MR) is 79.3 cm³/mol. The first-order chi connectivity index (χ1) is 9.31. The first kappa shape index (κ1) is 14.5. The SMILES string of the molecule is CC(CC(CN)N1CCCOCC1)c1ccccc1. The van der Waals surface area contributed by atoms with Gasteiger partial charge in [0.15, 0.2) is 0 Å². The van der Waals surface area contributed by atoms with E-state index in [2.05, 4.69) is 42.2 Å². The molecule has 0 radical (unpaired) electrons. The van der Waals surface area contributed by atoms with Crippen molar-refractivity contribution in [1.29, 1.82) is 0 Å². The summed E-state index contributed by atoms with van der Waals surface area (Å²) in [5.41, 5.74) is 7.41. The smallest absolute Gasteiger partial charge is 0.0593 e. The molecule has 1 aromatic rings. The lowest BCUT2D eigenvalue weighted by molar-refractivity contribution is 0.129. The van der Waals surface area contributed by atoms with Gasteiger partial charge in [-0.25, -0.2) is 0 Å². The van der Waals surface area contributed by atoms with Crippen LogP contribution in [0.3, 0.4) is 0 Å². The Hall–Kier alpha value is -0.900. The molecule has 0 bridgehead atoms. The van der Waals surface area contributed by atoms with Crippen molar-refractivity contribution in [2.75, 3.05) is 32.8 Å². The third-order valence-corrected chi connectivity index (χ3v) is 4.04. The summed E-state index contributed by atoms with van der Waals surface area (Å²) in [4.78, 5) is 2.51. The molecule has 1 saturated heterocycles. The van der Waals surface area contributed by atoms with Crippen molar-refractivity contribution in [2.24, 2.45) is 5.73 Å². The summed E-state index contributed by atoms with van der Waals surface area (Å²) in [6.45, 7) is 6.90. The first-order valence-electron chi connectivity index (χ1n) is 7.38. The monoisotopic (exact) mass is 262 g/mol. The van der Waals surface area contributed by atoms with Crippen molar-refractivity contribution in [3.8, 4) is 0 Å². The quantitative estimate of drug-likeness (QED) is 0.884. The molecule has 106 valence electrons. The molecule has 1 aromatic carbocycles. The van der Waals surface area contributed by atoms with Gasteiger partial charge in [0.25, 0.3) is 0 Å². The summed E-state index contributed by atoms with van der Waals surface area (Å²) in [5.74, 6) is 0.555. The lowest BCUT2D eigenvalue weighted by Crippen LogP contribution is -2.42. The fourth-order valence-electron chi connectivity index (χ4n) is 2.85. The van der Waals surface area contributed by atoms with Gasteiger partial charge in [-0.15, -0.1) is 0 Å². The van der Waals surface area contributed by atoms with Crippen LogP contribution >= 0.6 is 0 Å². The van der Waals surface area contributed by atoms with Gasteiger partial charge in [0.2, 0.25) is 0 Å². The number of benzene rings is 1. The molecule has 1 aliphatic rings. The van der Waals surface area contributed by atoms with Gasteiger partial charge in [-0.2, -0.15) is 0 Å². The van der Waals surface area contributed by atoms with Crippen molar-refractivity contribution < 1.29 is 4.74 Å². The molecule has 0 amide bonds. The van der Waals surface area contributed by atoms with E-state index in [1.807, 2.05) is 0 Å². The number of rotatable bonds is 5. The average Bonchev–Trinajstić information content (AvgIpc) is 2.74. The highest BCUT2D eigenvalue weighted by Crippen LogP contribution is 2.22. The fourth-order valence-corrected chi connectivity index (χ4v) is 2.85. The van der Waals surface area contributed by atoms with Crippen LogP contribution in [0.5, 0.6) is 0 Å². The zero-order valence-corrected chi connectivity index (χ0v) is 11.9. The molecule has 0 aliphatic carbocycles. The van der Waals surface area contributed by atoms with Gasteiger partial charge in [0.1, 0.15) is 0 Å². The van der Waals surface area contributed by atoms with Crippen molar-refractivity contribution in [3.05, 3.63) is 35.9 Å². The van der Waals surface area contributed by atoms with E-state index in [9.17, 15) is 0 Å². The Morgan fingerprint density at radius 3 is 2.74 bits per heavy atom. The van der Waals surface area contributed by atoms with Gasteiger partial charge in [-0.3, -0.25) is 4.90 Å². The normalized spacial score (nSPS) is 20.7. The standard InChI is InChI=1S/C16H26N2O/c1-14(15-6-3-2-4-7-15)12-16(13-17)18-8-5-10-19-11-9-18/h2-4,6-7,14,16H,5,8-13,17H2,1H3. The van der Waals surface area contributed by atoms with Gasteiger partial charge in [0.05, 0.1) is 6.61 Å². The Morgan fingerprint density at radius 2 is 2.00 bits per heavy atom. The second kappa shape index (κ2) is 7.63. The summed E-state index contributed by atoms with van der Waals surface area (Å²) in [6.07, 6.45) is 2.25. The third kappa shape index (κ3) is 4.30. The van der Waals surface area contributed by atoms with Crippen LogP contribution in [-0.2, 0) is 4.74 Å². The maximum Gasteiger partial charge on any atom is 0.0593 e. The van der Waals surface area contributed by atoms with E-state index in [0.29, 0.717) is 12.0 Å². The van der Waals surface area contributed by atoms with Gasteiger partial charge >= 0.3 is 0 Å². The Kier molecular flexibility index (Phi) is 5.83. The topological polar surface area (TPSA) is 38.5 Å². The van der Waals surface area contributed by atoms with E-state index in [1.54, 1.807) is 0 Å². The summed E-state index contributed by atoms with van der Waals surface area (Å²) in [5, 5.41) is 0. The van der Waals surface area contributed by atoms with E-state index in [-0.39, 0.29) is 0 Å². The van der Waals surface area contributed by atoms with E-state index in [1.165, 1.54) is 5.56 Å². The minimum Gasteiger partial charge on any atom is -0.380 e. The van der Waals surface area contributed by atoms with Crippen molar-refractivity contribution in [1.82, 2.24) is 4.90 Å². The van der Waals surface area contributed by atoms with Crippen molar-refractivity contribution in [2.45, 2.75) is 31.7 Å². The molecule has 0 aromatic heterocycles. The first-order valence-corrected chi connectivity index (χ1v) is 7.38. The van der Waals surface area contributed by atoms with Crippen LogP contribution in [-0.4, -0.2) is 43.8 Å². The second-order valence-corrected chi connectivity index (χ2v) is 5.44. The molecule has 1 fully saturated rings. The summed E-state index contributed by atoms with van der Waals surface area (Å²) < 4.78 is 5.53. The van der Waals surface area contributed by atoms with Crippen LogP contribution in [0, 0.1) is 0 Å². The Labute approximate surface area is 116 Å². The minimum absolute atomic E-state index is 0.469. The molecule has 19 heavy (non-hydrogen) atoms. The number of nitrogens with two attached hydrogens (primary N) is 1. The molecule has 1 aliphatic heterocycles. The Morgan fingerprint density at radius 1 is 1.21 bits per heavy atom. The number of hydrogen-bond acceptors (Lipinski definition) is 3. The van der Waals surface area contributed by atoms with Crippen LogP contribution in [0.15, 0.2) is 30.3 Å². The highest BCUT2D eigenvalue weighted by Gasteiger charge is 2.21. The lowest BCUT2D eigenvalue weighted by Gasteiger charge is -2.31. The van der Waals surface area contributed by atoms with Crippen LogP contribution in [0.2, 0.25) is 0 Å². The molecule has 3 nitrogen and oxygen atoms in total. The van der Waals surface area contributed by atoms with Gasteiger partial charge < -0.3 is 10.5 Å². The number of nitrogens with zero attached hydrogens (tertiary/aromatic N) is 1. The summed E-state index contributed by atoms with van der Waals surface area (Å²) in [6, 6.07) is 11.2. The summed E-state index contributed by atoms with van der Waals surface area (Å²) >= 11 is 0. The van der Waals surface area contributed by atoms with Gasteiger partial charge in [0, 0.05) is 32.3 Å². The highest BCUT2D eigenvalue weighted by molar-refractivity contribution is 5.18. The maximum absolute atomic E-state index is 6.00. The van der Waals surface area contributed by atoms with E-state index >= 15 is 0 Å². The molecule has 0 saturated carbocycles. The molecule has 2 unspecified atom stereocenters. The second-order valence-electron chi connectivity index (χ2n) is 5.44. The predicted octanol–water partition coefficient (Wildman–Crippen LogP) is 2.23. The van der Waals surface area contributed by atoms with Gasteiger partial charge in [-0.05, 0) is 24.3 Å². The van der Waals surface area contributed by atoms with Crippen LogP contribution in [0.4, 0.5) is 0 Å². The molecule has 2 rings (SSSR count). The zero-order valence-electron chi connectivity index (χ0n) is 11.9. The summed E-state index contributed by atoms with van der Waals surface area (Å²) in [7, 11) is 0. The molecule has 1 heterocycles. The van der Waals surface area contributed by atoms with Gasteiger partial charge in [-0.1, -0.05) is 37.3 Å². The average molecular weight is 262 g/mol. The fraction of sp³-hybridized carbons (Fsp3) is 0.625. The minimum atomic E-state index is 0.469. The largest absolute Gasteiger partial charge is 0.380 e. The zero-order chi connectivity index (χ0) is 13.5. The highest BCUT2D eigenvalue weighted by atomic mass is 16.5. The van der Waals surface area contributed by atoms with Crippen LogP contribution < -0.4 is 5.73 Å². The van der Waals surface area contributed by atoms with Crippen LogP contribution in [0.1, 0.15) is 31.2 Å². The molecular weight excluding hydrogens is 236 g/mol. The molecule has 2 N–H and O–H groups in total. The molecule has 3 heteroatoms. The van der Waals surface area contributed by atoms with Crippen LogP contribution in [0.25, 0.3) is 0 Å². The number of hydrogen-bond donors (Lipinski definition) is 1. The van der Waals surface area contributed by atoms with Crippen molar-refractivity contribution >= 4 is 0 Å². The third-order valence-electron chi connectivity index (χ3n) is 4.04.